The van der Waals surface area contributed by atoms with Crippen LogP contribution in [-0.4, -0.2) is 34.6 Å². The van der Waals surface area contributed by atoms with Gasteiger partial charge in [-0.05, 0) is 43.0 Å². The Kier molecular flexibility index (Phi) is 3.65. The number of carboxylic acid groups (broad SMARTS) is 1. The lowest BCUT2D eigenvalue weighted by atomic mass is 9.92. The van der Waals surface area contributed by atoms with Crippen LogP contribution in [0.4, 0.5) is 9.80 Å². The van der Waals surface area contributed by atoms with Crippen LogP contribution in [0.15, 0.2) is 11.4 Å². The summed E-state index contributed by atoms with van der Waals surface area (Å²) in [5, 5.41) is 14.0. The molecule has 1 aliphatic carbocycles. The molecule has 20 heavy (non-hydrogen) atoms. The number of aromatic carboxylic acids is 1. The van der Waals surface area contributed by atoms with E-state index in [9.17, 15) is 9.59 Å². The fourth-order valence-corrected chi connectivity index (χ4v) is 4.22. The van der Waals surface area contributed by atoms with E-state index in [2.05, 4.69) is 5.32 Å². The summed E-state index contributed by atoms with van der Waals surface area (Å²) in [4.78, 5) is 25.4. The lowest BCUT2D eigenvalue weighted by Gasteiger charge is -2.37. The molecular weight excluding hydrogens is 276 g/mol. The van der Waals surface area contributed by atoms with Crippen LogP contribution in [0, 0.1) is 5.92 Å². The minimum Gasteiger partial charge on any atom is -0.478 e. The van der Waals surface area contributed by atoms with Crippen LogP contribution in [0.3, 0.4) is 0 Å². The highest BCUT2D eigenvalue weighted by molar-refractivity contribution is 7.14. The second kappa shape index (κ2) is 5.44. The number of nitrogens with one attached hydrogen (secondary N) is 1. The van der Waals surface area contributed by atoms with Crippen molar-refractivity contribution < 1.29 is 14.7 Å². The minimum absolute atomic E-state index is 0.147. The van der Waals surface area contributed by atoms with Gasteiger partial charge < -0.3 is 10.0 Å². The third-order valence-electron chi connectivity index (χ3n) is 4.37. The molecule has 2 amide bonds. The van der Waals surface area contributed by atoms with Crippen molar-refractivity contribution in [2.75, 3.05) is 11.9 Å². The highest BCUT2D eigenvalue weighted by Gasteiger charge is 2.37. The Labute approximate surface area is 121 Å². The molecule has 2 unspecified atom stereocenters. The third-order valence-corrected chi connectivity index (χ3v) is 5.20. The summed E-state index contributed by atoms with van der Waals surface area (Å²) in [7, 11) is 0. The molecule has 0 bridgehead atoms. The predicted octanol–water partition coefficient (Wildman–Crippen LogP) is 3.24. The first-order valence-electron chi connectivity index (χ1n) is 7.05. The largest absolute Gasteiger partial charge is 0.478 e. The SMILES string of the molecule is O=C(O)c1ccsc1NC(=O)N1CCCC2CCCC21. The van der Waals surface area contributed by atoms with E-state index in [1.54, 1.807) is 5.38 Å². The molecule has 1 aliphatic heterocycles. The molecule has 0 spiro atoms. The van der Waals surface area contributed by atoms with E-state index < -0.39 is 5.97 Å². The summed E-state index contributed by atoms with van der Waals surface area (Å²) in [6.45, 7) is 0.779. The van der Waals surface area contributed by atoms with Gasteiger partial charge in [0, 0.05) is 12.6 Å². The van der Waals surface area contributed by atoms with Crippen LogP contribution in [-0.2, 0) is 0 Å². The summed E-state index contributed by atoms with van der Waals surface area (Å²) < 4.78 is 0. The molecule has 0 radical (unpaired) electrons. The number of thiophene rings is 1. The fraction of sp³-hybridized carbons (Fsp3) is 0.571. The number of amides is 2. The van der Waals surface area contributed by atoms with Gasteiger partial charge >= 0.3 is 12.0 Å². The van der Waals surface area contributed by atoms with Crippen LogP contribution in [0.1, 0.15) is 42.5 Å². The van der Waals surface area contributed by atoms with Crippen molar-refractivity contribution >= 4 is 28.3 Å². The highest BCUT2D eigenvalue weighted by atomic mass is 32.1. The maximum Gasteiger partial charge on any atom is 0.338 e. The van der Waals surface area contributed by atoms with E-state index in [-0.39, 0.29) is 11.6 Å². The lowest BCUT2D eigenvalue weighted by molar-refractivity contribution is 0.0698. The van der Waals surface area contributed by atoms with Crippen LogP contribution in [0.2, 0.25) is 0 Å². The normalized spacial score (nSPS) is 25.3. The van der Waals surface area contributed by atoms with Gasteiger partial charge in [0.25, 0.3) is 0 Å². The molecular formula is C14H18N2O3S. The number of nitrogens with zero attached hydrogens (tertiary/aromatic N) is 1. The molecule has 2 fully saturated rings. The van der Waals surface area contributed by atoms with Gasteiger partial charge in [-0.15, -0.1) is 11.3 Å². The third kappa shape index (κ3) is 2.40. The van der Waals surface area contributed by atoms with Gasteiger partial charge in [-0.3, -0.25) is 5.32 Å². The van der Waals surface area contributed by atoms with Gasteiger partial charge in [0.15, 0.2) is 0 Å². The van der Waals surface area contributed by atoms with Gasteiger partial charge in [0.05, 0.1) is 5.56 Å². The van der Waals surface area contributed by atoms with Crippen molar-refractivity contribution in [2.45, 2.75) is 38.1 Å². The minimum atomic E-state index is -1.00. The number of hydrogen-bond acceptors (Lipinski definition) is 3. The van der Waals surface area contributed by atoms with Crippen LogP contribution in [0.25, 0.3) is 0 Å². The molecule has 2 N–H and O–H groups in total. The number of carboxylic acids is 1. The molecule has 1 aromatic rings. The van der Waals surface area contributed by atoms with E-state index in [4.69, 9.17) is 5.11 Å². The van der Waals surface area contributed by atoms with Crippen molar-refractivity contribution in [1.82, 2.24) is 4.90 Å². The van der Waals surface area contributed by atoms with E-state index in [1.165, 1.54) is 36.7 Å². The standard InChI is InChI=1S/C14H18N2O3S/c17-13(18)10-6-8-20-12(10)15-14(19)16-7-2-4-9-3-1-5-11(9)16/h6,8-9,11H,1-5,7H2,(H,15,19)(H,17,18). The first-order chi connectivity index (χ1) is 9.66. The number of piperidine rings is 1. The predicted molar refractivity (Wildman–Crippen MR) is 77.4 cm³/mol. The summed E-state index contributed by atoms with van der Waals surface area (Å²) >= 11 is 1.26. The maximum absolute atomic E-state index is 12.4. The Balaban J connectivity index is 1.72. The van der Waals surface area contributed by atoms with E-state index in [1.807, 2.05) is 4.90 Å². The average Bonchev–Trinajstić information content (AvgIpc) is 3.05. The van der Waals surface area contributed by atoms with Crippen molar-refractivity contribution in [2.24, 2.45) is 5.92 Å². The molecule has 1 saturated carbocycles. The van der Waals surface area contributed by atoms with Gasteiger partial charge in [0.2, 0.25) is 0 Å². The summed E-state index contributed by atoms with van der Waals surface area (Å²) in [6, 6.07) is 1.72. The van der Waals surface area contributed by atoms with Crippen molar-refractivity contribution in [3.63, 3.8) is 0 Å². The van der Waals surface area contributed by atoms with Crippen LogP contribution in [0.5, 0.6) is 0 Å². The van der Waals surface area contributed by atoms with Crippen molar-refractivity contribution in [3.8, 4) is 0 Å². The number of carbonyl (C=O) groups is 2. The lowest BCUT2D eigenvalue weighted by Crippen LogP contribution is -2.48. The van der Waals surface area contributed by atoms with Gasteiger partial charge in [0.1, 0.15) is 5.00 Å². The Morgan fingerprint density at radius 3 is 2.90 bits per heavy atom. The van der Waals surface area contributed by atoms with Gasteiger partial charge in [-0.1, -0.05) is 6.42 Å². The molecule has 2 aliphatic rings. The number of likely N-dealkylation sites (tertiary alicyclic amines) is 1. The smallest absolute Gasteiger partial charge is 0.338 e. The Morgan fingerprint density at radius 1 is 1.30 bits per heavy atom. The molecule has 2 heterocycles. The van der Waals surface area contributed by atoms with Gasteiger partial charge in [-0.2, -0.15) is 0 Å². The molecule has 1 saturated heterocycles. The second-order valence-corrected chi connectivity index (χ2v) is 6.41. The fourth-order valence-electron chi connectivity index (χ4n) is 3.45. The number of hydrogen-bond donors (Lipinski definition) is 2. The Morgan fingerprint density at radius 2 is 2.10 bits per heavy atom. The van der Waals surface area contributed by atoms with Crippen molar-refractivity contribution in [3.05, 3.63) is 17.0 Å². The molecule has 0 aromatic carbocycles. The summed E-state index contributed by atoms with van der Waals surface area (Å²) in [5.41, 5.74) is 0.170. The molecule has 3 rings (SSSR count). The second-order valence-electron chi connectivity index (χ2n) is 5.49. The zero-order valence-corrected chi connectivity index (χ0v) is 12.0. The molecule has 108 valence electrons. The first kappa shape index (κ1) is 13.4. The zero-order chi connectivity index (χ0) is 14.1. The summed E-state index contributed by atoms with van der Waals surface area (Å²) in [6.07, 6.45) is 5.75. The number of fused-ring (bicyclic) bond motifs is 1. The zero-order valence-electron chi connectivity index (χ0n) is 11.2. The summed E-state index contributed by atoms with van der Waals surface area (Å²) in [5.74, 6) is -0.365. The first-order valence-corrected chi connectivity index (χ1v) is 7.93. The topological polar surface area (TPSA) is 69.6 Å². The monoisotopic (exact) mass is 294 g/mol. The maximum atomic E-state index is 12.4. The van der Waals surface area contributed by atoms with Crippen molar-refractivity contribution in [1.29, 1.82) is 0 Å². The van der Waals surface area contributed by atoms with Gasteiger partial charge in [-0.25, -0.2) is 9.59 Å². The van der Waals surface area contributed by atoms with Crippen LogP contribution < -0.4 is 5.32 Å². The Hall–Kier alpha value is -1.56. The Bertz CT molecular complexity index is 528. The number of urea groups is 1. The highest BCUT2D eigenvalue weighted by Crippen LogP contribution is 2.37. The molecule has 2 atom stereocenters. The average molecular weight is 294 g/mol. The molecule has 1 aromatic heterocycles. The molecule has 6 heteroatoms. The quantitative estimate of drug-likeness (QED) is 0.879. The van der Waals surface area contributed by atoms with E-state index in [0.717, 1.165) is 19.4 Å². The number of anilines is 1. The number of carbonyl (C=O) groups excluding carboxylic acids is 1. The number of rotatable bonds is 2. The van der Waals surface area contributed by atoms with Crippen LogP contribution >= 0.6 is 11.3 Å². The molecule has 5 nitrogen and oxygen atoms in total. The van der Waals surface area contributed by atoms with E-state index in [0.29, 0.717) is 17.0 Å². The van der Waals surface area contributed by atoms with E-state index >= 15 is 0 Å².